The quantitative estimate of drug-likeness (QED) is 0.884. The van der Waals surface area contributed by atoms with E-state index in [1.807, 2.05) is 6.07 Å². The highest BCUT2D eigenvalue weighted by Crippen LogP contribution is 2.25. The molecule has 1 aromatic rings. The van der Waals surface area contributed by atoms with E-state index in [0.29, 0.717) is 30.8 Å². The zero-order valence-corrected chi connectivity index (χ0v) is 12.7. The van der Waals surface area contributed by atoms with E-state index in [4.69, 9.17) is 10.00 Å². The fraction of sp³-hybridized carbons (Fsp3) is 0.438. The lowest BCUT2D eigenvalue weighted by Crippen LogP contribution is -2.34. The molecular formula is C16H19N3O3. The van der Waals surface area contributed by atoms with Gasteiger partial charge in [0, 0.05) is 38.7 Å². The third kappa shape index (κ3) is 3.26. The molecule has 22 heavy (non-hydrogen) atoms. The fourth-order valence-corrected chi connectivity index (χ4v) is 2.81. The molecule has 0 spiro atoms. The minimum absolute atomic E-state index is 0.0203. The van der Waals surface area contributed by atoms with Crippen LogP contribution in [0.2, 0.25) is 0 Å². The van der Waals surface area contributed by atoms with Crippen molar-refractivity contribution >= 4 is 11.8 Å². The molecule has 6 nitrogen and oxygen atoms in total. The maximum Gasteiger partial charge on any atom is 0.253 e. The summed E-state index contributed by atoms with van der Waals surface area (Å²) in [5.74, 6) is -0.533. The molecule has 0 unspecified atom stereocenters. The summed E-state index contributed by atoms with van der Waals surface area (Å²) < 4.78 is 5.16. The number of hydrogen-bond donors (Lipinski definition) is 1. The number of hydrogen-bond acceptors (Lipinski definition) is 4. The first-order valence-electron chi connectivity index (χ1n) is 7.10. The molecule has 0 bridgehead atoms. The van der Waals surface area contributed by atoms with Gasteiger partial charge < -0.3 is 15.0 Å². The van der Waals surface area contributed by atoms with Crippen LogP contribution in [0.4, 0.5) is 0 Å². The van der Waals surface area contributed by atoms with Crippen LogP contribution in [-0.2, 0) is 9.53 Å². The molecule has 1 aliphatic rings. The second kappa shape index (κ2) is 7.05. The summed E-state index contributed by atoms with van der Waals surface area (Å²) in [5.41, 5.74) is 0.911. The monoisotopic (exact) mass is 301 g/mol. The van der Waals surface area contributed by atoms with Crippen LogP contribution in [0.3, 0.4) is 0 Å². The number of likely N-dealkylation sites (tertiary alicyclic amines) is 1. The number of nitrogens with one attached hydrogen (secondary N) is 1. The predicted molar refractivity (Wildman–Crippen MR) is 80.0 cm³/mol. The summed E-state index contributed by atoms with van der Waals surface area (Å²) >= 11 is 0. The lowest BCUT2D eigenvalue weighted by atomic mass is 9.96. The Morgan fingerprint density at radius 3 is 2.86 bits per heavy atom. The van der Waals surface area contributed by atoms with E-state index >= 15 is 0 Å². The van der Waals surface area contributed by atoms with E-state index in [9.17, 15) is 9.59 Å². The van der Waals surface area contributed by atoms with Crippen LogP contribution >= 0.6 is 0 Å². The van der Waals surface area contributed by atoms with E-state index in [-0.39, 0.29) is 23.7 Å². The van der Waals surface area contributed by atoms with Crippen molar-refractivity contribution in [2.24, 2.45) is 11.8 Å². The van der Waals surface area contributed by atoms with Gasteiger partial charge in [0.1, 0.15) is 0 Å². The SMILES string of the molecule is CNC(=O)[C@@H]1CN(C(=O)c2cccc(C#N)c2)C[C@H]1COC. The molecule has 1 aliphatic heterocycles. The lowest BCUT2D eigenvalue weighted by Gasteiger charge is -2.16. The highest BCUT2D eigenvalue weighted by atomic mass is 16.5. The molecule has 2 atom stereocenters. The van der Waals surface area contributed by atoms with Gasteiger partial charge in [-0.15, -0.1) is 0 Å². The van der Waals surface area contributed by atoms with Gasteiger partial charge in [0.15, 0.2) is 0 Å². The Morgan fingerprint density at radius 1 is 1.45 bits per heavy atom. The number of amides is 2. The molecule has 1 N–H and O–H groups in total. The Bertz CT molecular complexity index is 609. The minimum Gasteiger partial charge on any atom is -0.384 e. The summed E-state index contributed by atoms with van der Waals surface area (Å²) in [4.78, 5) is 26.2. The summed E-state index contributed by atoms with van der Waals surface area (Å²) in [5, 5.41) is 11.6. The van der Waals surface area contributed by atoms with Crippen molar-refractivity contribution < 1.29 is 14.3 Å². The van der Waals surface area contributed by atoms with Crippen LogP contribution < -0.4 is 5.32 Å². The number of ether oxygens (including phenoxy) is 1. The van der Waals surface area contributed by atoms with Crippen molar-refractivity contribution in [1.29, 1.82) is 5.26 Å². The van der Waals surface area contributed by atoms with Crippen LogP contribution in [0, 0.1) is 23.2 Å². The molecule has 1 heterocycles. The summed E-state index contributed by atoms with van der Waals surface area (Å²) in [7, 11) is 3.18. The molecule has 0 saturated carbocycles. The lowest BCUT2D eigenvalue weighted by molar-refractivity contribution is -0.125. The van der Waals surface area contributed by atoms with Crippen molar-refractivity contribution in [2.45, 2.75) is 0 Å². The van der Waals surface area contributed by atoms with Gasteiger partial charge in [-0.3, -0.25) is 9.59 Å². The molecule has 1 fully saturated rings. The Labute approximate surface area is 129 Å². The van der Waals surface area contributed by atoms with E-state index in [1.165, 1.54) is 0 Å². The Kier molecular flexibility index (Phi) is 5.12. The molecule has 6 heteroatoms. The third-order valence-corrected chi connectivity index (χ3v) is 3.93. The average molecular weight is 301 g/mol. The van der Waals surface area contributed by atoms with Crippen LogP contribution in [-0.4, -0.2) is 50.6 Å². The predicted octanol–water partition coefficient (Wildman–Crippen LogP) is 0.639. The standard InChI is InChI=1S/C16H19N3O3/c1-18-15(20)14-9-19(8-13(14)10-22-2)16(21)12-5-3-4-11(6-12)7-17/h3-6,13-14H,8-10H2,1-2H3,(H,18,20)/t13-,14+/m0/s1. The third-order valence-electron chi connectivity index (χ3n) is 3.93. The molecule has 1 saturated heterocycles. The van der Waals surface area contributed by atoms with Crippen LogP contribution in [0.5, 0.6) is 0 Å². The van der Waals surface area contributed by atoms with Gasteiger partial charge in [-0.05, 0) is 18.2 Å². The molecule has 116 valence electrons. The zero-order valence-electron chi connectivity index (χ0n) is 12.7. The average Bonchev–Trinajstić information content (AvgIpc) is 2.97. The number of methoxy groups -OCH3 is 1. The minimum atomic E-state index is -0.270. The van der Waals surface area contributed by atoms with E-state index in [2.05, 4.69) is 5.32 Å². The summed E-state index contributed by atoms with van der Waals surface area (Å²) in [6.07, 6.45) is 0. The summed E-state index contributed by atoms with van der Waals surface area (Å²) in [6, 6.07) is 8.62. The van der Waals surface area contributed by atoms with Gasteiger partial charge >= 0.3 is 0 Å². The number of nitrogens with zero attached hydrogens (tertiary/aromatic N) is 2. The first-order valence-corrected chi connectivity index (χ1v) is 7.10. The van der Waals surface area contributed by atoms with Crippen molar-refractivity contribution in [1.82, 2.24) is 10.2 Å². The highest BCUT2D eigenvalue weighted by molar-refractivity contribution is 5.95. The van der Waals surface area contributed by atoms with Crippen molar-refractivity contribution in [3.63, 3.8) is 0 Å². The maximum absolute atomic E-state index is 12.6. The van der Waals surface area contributed by atoms with Crippen LogP contribution in [0.25, 0.3) is 0 Å². The van der Waals surface area contributed by atoms with Gasteiger partial charge in [0.05, 0.1) is 24.2 Å². The molecule has 1 aromatic carbocycles. The van der Waals surface area contributed by atoms with Gasteiger partial charge in [-0.2, -0.15) is 5.26 Å². The molecule has 2 amide bonds. The molecule has 0 radical (unpaired) electrons. The number of rotatable bonds is 4. The van der Waals surface area contributed by atoms with Gasteiger partial charge in [-0.25, -0.2) is 0 Å². The van der Waals surface area contributed by atoms with Crippen molar-refractivity contribution in [2.75, 3.05) is 33.9 Å². The normalized spacial score (nSPS) is 20.5. The molecule has 0 aromatic heterocycles. The van der Waals surface area contributed by atoms with Gasteiger partial charge in [0.25, 0.3) is 5.91 Å². The number of carbonyl (C=O) groups excluding carboxylic acids is 2. The highest BCUT2D eigenvalue weighted by Gasteiger charge is 2.39. The Hall–Kier alpha value is -2.39. The zero-order chi connectivity index (χ0) is 16.1. The largest absolute Gasteiger partial charge is 0.384 e. The first kappa shape index (κ1) is 16.0. The number of carbonyl (C=O) groups is 2. The fourth-order valence-electron chi connectivity index (χ4n) is 2.81. The van der Waals surface area contributed by atoms with E-state index in [0.717, 1.165) is 0 Å². The number of nitriles is 1. The van der Waals surface area contributed by atoms with Crippen molar-refractivity contribution in [3.05, 3.63) is 35.4 Å². The topological polar surface area (TPSA) is 82.4 Å². The second-order valence-electron chi connectivity index (χ2n) is 5.34. The van der Waals surface area contributed by atoms with E-state index < -0.39 is 0 Å². The number of benzene rings is 1. The Morgan fingerprint density at radius 2 is 2.23 bits per heavy atom. The van der Waals surface area contributed by atoms with Gasteiger partial charge in [-0.1, -0.05) is 6.07 Å². The van der Waals surface area contributed by atoms with E-state index in [1.54, 1.807) is 43.3 Å². The Balaban J connectivity index is 2.17. The van der Waals surface area contributed by atoms with Crippen LogP contribution in [0.1, 0.15) is 15.9 Å². The van der Waals surface area contributed by atoms with Crippen molar-refractivity contribution in [3.8, 4) is 6.07 Å². The molecular weight excluding hydrogens is 282 g/mol. The summed E-state index contributed by atoms with van der Waals surface area (Å²) in [6.45, 7) is 1.27. The van der Waals surface area contributed by atoms with Gasteiger partial charge in [0.2, 0.25) is 5.91 Å². The smallest absolute Gasteiger partial charge is 0.253 e. The maximum atomic E-state index is 12.6. The van der Waals surface area contributed by atoms with Crippen LogP contribution in [0.15, 0.2) is 24.3 Å². The first-order chi connectivity index (χ1) is 10.6. The molecule has 0 aliphatic carbocycles. The second-order valence-corrected chi connectivity index (χ2v) is 5.34. The molecule has 2 rings (SSSR count).